The van der Waals surface area contributed by atoms with Gasteiger partial charge in [-0.15, -0.1) is 11.8 Å². The van der Waals surface area contributed by atoms with Crippen molar-refractivity contribution in [2.45, 2.75) is 55.3 Å². The molecule has 2 aromatic carbocycles. The van der Waals surface area contributed by atoms with E-state index in [1.807, 2.05) is 38.1 Å². The molecule has 2 unspecified atom stereocenters. The minimum atomic E-state index is -3.83. The van der Waals surface area contributed by atoms with Gasteiger partial charge in [-0.3, -0.25) is 9.10 Å². The summed E-state index contributed by atoms with van der Waals surface area (Å²) < 4.78 is 34.9. The number of carbonyl (C=O) groups excluding carboxylic acids is 1. The molecule has 0 saturated heterocycles. The number of sulfonamides is 1. The van der Waals surface area contributed by atoms with E-state index >= 15 is 0 Å². The molecule has 160 valence electrons. The fraction of sp³-hybridized carbons (Fsp3) is 0.409. The molecule has 1 amide bonds. The molecule has 2 aromatic rings. The second-order valence-corrected chi connectivity index (χ2v) is 11.2. The second-order valence-electron chi connectivity index (χ2n) is 7.84. The molecule has 2 heterocycles. The minimum Gasteiger partial charge on any atom is -0.486 e. The van der Waals surface area contributed by atoms with E-state index in [-0.39, 0.29) is 28.7 Å². The summed E-state index contributed by atoms with van der Waals surface area (Å²) in [7, 11) is -3.83. The van der Waals surface area contributed by atoms with Crippen LogP contribution < -0.4 is 13.9 Å². The summed E-state index contributed by atoms with van der Waals surface area (Å²) in [6, 6.07) is 10.7. The SMILES string of the molecule is CCC1CN(S(=O)(=O)c2ccc3c(c2)N(C(C)=O)CC(C)S3)c2cc(C)ccc2O1. The molecule has 6 nitrogen and oxygen atoms in total. The fourth-order valence-corrected chi connectivity index (χ4v) is 6.48. The Kier molecular flexibility index (Phi) is 5.48. The number of fused-ring (bicyclic) bond motifs is 2. The number of ether oxygens (including phenoxy) is 1. The molecule has 0 bridgehead atoms. The van der Waals surface area contributed by atoms with Crippen molar-refractivity contribution in [3.63, 3.8) is 0 Å². The quantitative estimate of drug-likeness (QED) is 0.707. The van der Waals surface area contributed by atoms with E-state index in [2.05, 4.69) is 6.92 Å². The lowest BCUT2D eigenvalue weighted by Gasteiger charge is -2.36. The highest BCUT2D eigenvalue weighted by Gasteiger charge is 2.35. The van der Waals surface area contributed by atoms with Gasteiger partial charge in [0.2, 0.25) is 5.91 Å². The molecule has 0 saturated carbocycles. The molecule has 30 heavy (non-hydrogen) atoms. The van der Waals surface area contributed by atoms with E-state index in [0.717, 1.165) is 10.5 Å². The third-order valence-electron chi connectivity index (χ3n) is 5.46. The molecule has 0 spiro atoms. The Bertz CT molecular complexity index is 1100. The van der Waals surface area contributed by atoms with Crippen LogP contribution in [0, 0.1) is 6.92 Å². The van der Waals surface area contributed by atoms with Gasteiger partial charge < -0.3 is 9.64 Å². The number of hydrogen-bond donors (Lipinski definition) is 0. The normalized spacial score (nSPS) is 20.9. The van der Waals surface area contributed by atoms with Gasteiger partial charge >= 0.3 is 0 Å². The first-order valence-electron chi connectivity index (χ1n) is 10.1. The van der Waals surface area contributed by atoms with Crippen LogP contribution in [0.25, 0.3) is 0 Å². The van der Waals surface area contributed by atoms with E-state index in [1.165, 1.54) is 11.2 Å². The zero-order chi connectivity index (χ0) is 21.6. The molecule has 2 aliphatic rings. The first-order chi connectivity index (χ1) is 14.2. The Morgan fingerprint density at radius 1 is 1.17 bits per heavy atom. The van der Waals surface area contributed by atoms with Gasteiger partial charge in [-0.25, -0.2) is 8.42 Å². The van der Waals surface area contributed by atoms with Crippen LogP contribution in [0.1, 0.15) is 32.8 Å². The van der Waals surface area contributed by atoms with Crippen LogP contribution in [0.15, 0.2) is 46.2 Å². The fourth-order valence-electron chi connectivity index (χ4n) is 3.87. The van der Waals surface area contributed by atoms with Crippen molar-refractivity contribution in [3.05, 3.63) is 42.0 Å². The van der Waals surface area contributed by atoms with Crippen LogP contribution in [-0.2, 0) is 14.8 Å². The summed E-state index contributed by atoms with van der Waals surface area (Å²) in [5.74, 6) is 0.492. The summed E-state index contributed by atoms with van der Waals surface area (Å²) in [6.45, 7) is 8.31. The van der Waals surface area contributed by atoms with Crippen LogP contribution in [0.2, 0.25) is 0 Å². The number of amides is 1. The maximum Gasteiger partial charge on any atom is 0.264 e. The predicted molar refractivity (Wildman–Crippen MR) is 120 cm³/mol. The summed E-state index contributed by atoms with van der Waals surface area (Å²) in [4.78, 5) is 15.0. The predicted octanol–water partition coefficient (Wildman–Crippen LogP) is 4.21. The Morgan fingerprint density at radius 3 is 2.63 bits per heavy atom. The molecule has 4 rings (SSSR count). The van der Waals surface area contributed by atoms with Crippen LogP contribution in [0.3, 0.4) is 0 Å². The van der Waals surface area contributed by atoms with Gasteiger partial charge in [0.05, 0.1) is 22.8 Å². The van der Waals surface area contributed by atoms with Crippen LogP contribution in [0.5, 0.6) is 5.75 Å². The van der Waals surface area contributed by atoms with Crippen molar-refractivity contribution in [3.8, 4) is 5.75 Å². The van der Waals surface area contributed by atoms with E-state index in [4.69, 9.17) is 4.74 Å². The van der Waals surface area contributed by atoms with Crippen LogP contribution in [-0.4, -0.2) is 38.8 Å². The third-order valence-corrected chi connectivity index (χ3v) is 8.39. The lowest BCUT2D eigenvalue weighted by Crippen LogP contribution is -2.43. The summed E-state index contributed by atoms with van der Waals surface area (Å²) in [5, 5.41) is 0.253. The van der Waals surface area contributed by atoms with E-state index in [9.17, 15) is 13.2 Å². The molecule has 0 N–H and O–H groups in total. The van der Waals surface area contributed by atoms with Gasteiger partial charge in [-0.1, -0.05) is 19.9 Å². The number of anilines is 2. The number of thioether (sulfide) groups is 1. The third kappa shape index (κ3) is 3.67. The van der Waals surface area contributed by atoms with Crippen molar-refractivity contribution in [1.29, 1.82) is 0 Å². The molecule has 0 aliphatic carbocycles. The van der Waals surface area contributed by atoms with Gasteiger partial charge in [0, 0.05) is 23.6 Å². The Hall–Kier alpha value is -2.19. The summed E-state index contributed by atoms with van der Waals surface area (Å²) in [6.07, 6.45) is 0.494. The number of benzene rings is 2. The van der Waals surface area contributed by atoms with Gasteiger partial charge in [-0.05, 0) is 49.2 Å². The highest BCUT2D eigenvalue weighted by molar-refractivity contribution is 8.00. The molecule has 0 aromatic heterocycles. The molecule has 0 fully saturated rings. The molecule has 0 radical (unpaired) electrons. The first kappa shape index (κ1) is 21.1. The van der Waals surface area contributed by atoms with Crippen LogP contribution >= 0.6 is 11.8 Å². The van der Waals surface area contributed by atoms with Crippen molar-refractivity contribution in [1.82, 2.24) is 0 Å². The Morgan fingerprint density at radius 2 is 1.93 bits per heavy atom. The van der Waals surface area contributed by atoms with Crippen molar-refractivity contribution in [2.75, 3.05) is 22.3 Å². The van der Waals surface area contributed by atoms with Gasteiger partial charge in [0.1, 0.15) is 11.9 Å². The number of aryl methyl sites for hydroxylation is 1. The van der Waals surface area contributed by atoms with Crippen LogP contribution in [0.4, 0.5) is 11.4 Å². The maximum atomic E-state index is 13.7. The first-order valence-corrected chi connectivity index (χ1v) is 12.4. The Labute approximate surface area is 182 Å². The molecular formula is C22H26N2O4S2. The monoisotopic (exact) mass is 446 g/mol. The molecular weight excluding hydrogens is 420 g/mol. The maximum absolute atomic E-state index is 13.7. The summed E-state index contributed by atoms with van der Waals surface area (Å²) >= 11 is 1.66. The largest absolute Gasteiger partial charge is 0.486 e. The van der Waals surface area contributed by atoms with Gasteiger partial charge in [-0.2, -0.15) is 0 Å². The van der Waals surface area contributed by atoms with Gasteiger partial charge in [0.15, 0.2) is 0 Å². The van der Waals surface area contributed by atoms with Gasteiger partial charge in [0.25, 0.3) is 10.0 Å². The highest BCUT2D eigenvalue weighted by atomic mass is 32.2. The number of hydrogen-bond acceptors (Lipinski definition) is 5. The number of carbonyl (C=O) groups is 1. The summed E-state index contributed by atoms with van der Waals surface area (Å²) in [5.41, 5.74) is 2.19. The lowest BCUT2D eigenvalue weighted by molar-refractivity contribution is -0.116. The number of rotatable bonds is 3. The Balaban J connectivity index is 1.81. The lowest BCUT2D eigenvalue weighted by atomic mass is 10.1. The zero-order valence-corrected chi connectivity index (χ0v) is 19.2. The average Bonchev–Trinajstić information content (AvgIpc) is 2.71. The zero-order valence-electron chi connectivity index (χ0n) is 17.6. The van der Waals surface area contributed by atoms with E-state index in [1.54, 1.807) is 28.8 Å². The van der Waals surface area contributed by atoms with Crippen molar-refractivity contribution >= 4 is 39.1 Å². The minimum absolute atomic E-state index is 0.0867. The molecule has 2 atom stereocenters. The molecule has 2 aliphatic heterocycles. The second kappa shape index (κ2) is 7.81. The average molecular weight is 447 g/mol. The van der Waals surface area contributed by atoms with E-state index < -0.39 is 10.0 Å². The smallest absolute Gasteiger partial charge is 0.264 e. The van der Waals surface area contributed by atoms with Crippen molar-refractivity contribution in [2.24, 2.45) is 0 Å². The van der Waals surface area contributed by atoms with E-state index in [0.29, 0.717) is 30.1 Å². The van der Waals surface area contributed by atoms with Crippen molar-refractivity contribution < 1.29 is 17.9 Å². The molecule has 8 heteroatoms. The number of nitrogens with zero attached hydrogens (tertiary/aromatic N) is 2. The highest BCUT2D eigenvalue weighted by Crippen LogP contribution is 2.42. The topological polar surface area (TPSA) is 66.9 Å². The standard InChI is InChI=1S/C22H26N2O4S2/c1-5-17-13-24(19-10-14(2)6-8-21(19)28-17)30(26,27)18-7-9-22-20(11-18)23(16(4)25)12-15(3)29-22/h6-11,15,17H,5,12-13H2,1-4H3.